The number of amides is 1. The summed E-state index contributed by atoms with van der Waals surface area (Å²) in [6.07, 6.45) is -0.351. The molecule has 0 aromatic carbocycles. The second-order valence-electron chi connectivity index (χ2n) is 6.20. The molecule has 1 aromatic rings. The van der Waals surface area contributed by atoms with E-state index in [9.17, 15) is 9.59 Å². The normalized spacial score (nSPS) is 11.6. The van der Waals surface area contributed by atoms with E-state index in [1.165, 1.54) is 11.3 Å². The standard InChI is InChI=1S/C15H25N3O4S/c1-6-18(9-12-16-11(10-23-12)13(19)20)8-7-17(5)14(21)22-15(2,3)4/h10H,6-9H2,1-5H3,(H,19,20). The number of aromatic carboxylic acids is 1. The Morgan fingerprint density at radius 1 is 1.35 bits per heavy atom. The fraction of sp³-hybridized carbons (Fsp3) is 0.667. The first-order chi connectivity index (χ1) is 10.6. The van der Waals surface area contributed by atoms with Crippen LogP contribution in [0.2, 0.25) is 0 Å². The number of hydrogen-bond donors (Lipinski definition) is 1. The minimum atomic E-state index is -1.01. The molecule has 0 saturated heterocycles. The molecule has 1 N–H and O–H groups in total. The Labute approximate surface area is 140 Å². The molecule has 1 aromatic heterocycles. The van der Waals surface area contributed by atoms with E-state index in [0.29, 0.717) is 19.6 Å². The van der Waals surface area contributed by atoms with Gasteiger partial charge in [-0.3, -0.25) is 4.90 Å². The number of ether oxygens (including phenoxy) is 1. The third kappa shape index (κ3) is 6.96. The lowest BCUT2D eigenvalue weighted by Crippen LogP contribution is -2.39. The van der Waals surface area contributed by atoms with Crippen LogP contribution < -0.4 is 0 Å². The molecule has 7 nitrogen and oxygen atoms in total. The maximum atomic E-state index is 11.9. The molecule has 23 heavy (non-hydrogen) atoms. The van der Waals surface area contributed by atoms with Gasteiger partial charge in [-0.1, -0.05) is 6.92 Å². The van der Waals surface area contributed by atoms with Gasteiger partial charge < -0.3 is 14.7 Å². The van der Waals surface area contributed by atoms with Crippen LogP contribution in [0.4, 0.5) is 4.79 Å². The van der Waals surface area contributed by atoms with Crippen LogP contribution in [0.5, 0.6) is 0 Å². The predicted molar refractivity (Wildman–Crippen MR) is 88.9 cm³/mol. The molecular weight excluding hydrogens is 318 g/mol. The second-order valence-corrected chi connectivity index (χ2v) is 7.14. The van der Waals surface area contributed by atoms with Gasteiger partial charge in [0, 0.05) is 25.5 Å². The van der Waals surface area contributed by atoms with Crippen LogP contribution in [-0.4, -0.2) is 64.2 Å². The van der Waals surface area contributed by atoms with Gasteiger partial charge in [-0.2, -0.15) is 0 Å². The van der Waals surface area contributed by atoms with Gasteiger partial charge in [-0.05, 0) is 27.3 Å². The lowest BCUT2D eigenvalue weighted by atomic mass is 10.2. The number of carbonyl (C=O) groups is 2. The van der Waals surface area contributed by atoms with Crippen LogP contribution in [0.3, 0.4) is 0 Å². The van der Waals surface area contributed by atoms with Crippen LogP contribution in [0.15, 0.2) is 5.38 Å². The van der Waals surface area contributed by atoms with Gasteiger partial charge in [0.25, 0.3) is 0 Å². The van der Waals surface area contributed by atoms with E-state index in [1.54, 1.807) is 17.3 Å². The van der Waals surface area contributed by atoms with Crippen LogP contribution in [0, 0.1) is 0 Å². The molecule has 0 bridgehead atoms. The highest BCUT2D eigenvalue weighted by Crippen LogP contribution is 2.13. The minimum Gasteiger partial charge on any atom is -0.476 e. The number of thiazole rings is 1. The van der Waals surface area contributed by atoms with Crippen molar-refractivity contribution in [3.8, 4) is 0 Å². The van der Waals surface area contributed by atoms with Gasteiger partial charge in [0.15, 0.2) is 5.69 Å². The number of carboxylic acid groups (broad SMARTS) is 1. The molecule has 0 aliphatic heterocycles. The summed E-state index contributed by atoms with van der Waals surface area (Å²) in [4.78, 5) is 30.5. The first-order valence-electron chi connectivity index (χ1n) is 7.46. The highest BCUT2D eigenvalue weighted by atomic mass is 32.1. The van der Waals surface area contributed by atoms with E-state index >= 15 is 0 Å². The van der Waals surface area contributed by atoms with Crippen molar-refractivity contribution >= 4 is 23.4 Å². The van der Waals surface area contributed by atoms with E-state index in [4.69, 9.17) is 9.84 Å². The fourth-order valence-corrected chi connectivity index (χ4v) is 2.55. The van der Waals surface area contributed by atoms with Crippen molar-refractivity contribution in [3.05, 3.63) is 16.1 Å². The maximum Gasteiger partial charge on any atom is 0.410 e. The van der Waals surface area contributed by atoms with Gasteiger partial charge in [-0.25, -0.2) is 14.6 Å². The van der Waals surface area contributed by atoms with Crippen molar-refractivity contribution in [2.45, 2.75) is 39.8 Å². The third-order valence-electron chi connectivity index (χ3n) is 3.03. The van der Waals surface area contributed by atoms with Crippen LogP contribution in [0.25, 0.3) is 0 Å². The molecule has 0 aliphatic rings. The van der Waals surface area contributed by atoms with Gasteiger partial charge in [0.1, 0.15) is 10.6 Å². The number of hydrogen-bond acceptors (Lipinski definition) is 6. The minimum absolute atomic E-state index is 0.0759. The monoisotopic (exact) mass is 343 g/mol. The van der Waals surface area contributed by atoms with E-state index in [2.05, 4.69) is 9.88 Å². The number of carbonyl (C=O) groups excluding carboxylic acids is 1. The van der Waals surface area contributed by atoms with E-state index in [0.717, 1.165) is 11.6 Å². The predicted octanol–water partition coefficient (Wildman–Crippen LogP) is 2.53. The summed E-state index contributed by atoms with van der Waals surface area (Å²) in [6, 6.07) is 0. The Bertz CT molecular complexity index is 539. The zero-order valence-corrected chi connectivity index (χ0v) is 15.1. The number of nitrogens with zero attached hydrogens (tertiary/aromatic N) is 3. The SMILES string of the molecule is CCN(CCN(C)C(=O)OC(C)(C)C)Cc1nc(C(=O)O)cs1. The second kappa shape index (κ2) is 8.26. The molecule has 0 atom stereocenters. The van der Waals surface area contributed by atoms with Gasteiger partial charge in [0.2, 0.25) is 0 Å². The maximum absolute atomic E-state index is 11.9. The summed E-state index contributed by atoms with van der Waals surface area (Å²) in [5.41, 5.74) is -0.434. The van der Waals surface area contributed by atoms with E-state index in [1.807, 2.05) is 27.7 Å². The van der Waals surface area contributed by atoms with Crippen LogP contribution in [-0.2, 0) is 11.3 Å². The molecular formula is C15H25N3O4S. The molecule has 0 unspecified atom stereocenters. The van der Waals surface area contributed by atoms with Crippen molar-refractivity contribution in [2.24, 2.45) is 0 Å². The van der Waals surface area contributed by atoms with E-state index < -0.39 is 11.6 Å². The summed E-state index contributed by atoms with van der Waals surface area (Å²) in [6.45, 7) is 10.0. The highest BCUT2D eigenvalue weighted by molar-refractivity contribution is 7.09. The Morgan fingerprint density at radius 2 is 2.00 bits per heavy atom. The summed E-state index contributed by atoms with van der Waals surface area (Å²) < 4.78 is 5.31. The number of rotatable bonds is 7. The van der Waals surface area contributed by atoms with Crippen molar-refractivity contribution in [1.82, 2.24) is 14.8 Å². The quantitative estimate of drug-likeness (QED) is 0.819. The molecule has 8 heteroatoms. The van der Waals surface area contributed by atoms with Crippen molar-refractivity contribution in [2.75, 3.05) is 26.7 Å². The lowest BCUT2D eigenvalue weighted by molar-refractivity contribution is 0.0282. The largest absolute Gasteiger partial charge is 0.476 e. The topological polar surface area (TPSA) is 83.0 Å². The van der Waals surface area contributed by atoms with Crippen molar-refractivity contribution in [3.63, 3.8) is 0 Å². The highest BCUT2D eigenvalue weighted by Gasteiger charge is 2.20. The molecule has 0 spiro atoms. The Balaban J connectivity index is 2.49. The summed E-state index contributed by atoms with van der Waals surface area (Å²) in [5, 5.41) is 11.2. The molecule has 1 amide bonds. The molecule has 0 radical (unpaired) electrons. The first kappa shape index (κ1) is 19.4. The average Bonchev–Trinajstić information content (AvgIpc) is 2.89. The Morgan fingerprint density at radius 3 is 2.48 bits per heavy atom. The van der Waals surface area contributed by atoms with Crippen molar-refractivity contribution in [1.29, 1.82) is 0 Å². The Hall–Kier alpha value is -1.67. The van der Waals surface area contributed by atoms with E-state index in [-0.39, 0.29) is 11.8 Å². The molecule has 0 aliphatic carbocycles. The fourth-order valence-electron chi connectivity index (χ4n) is 1.74. The van der Waals surface area contributed by atoms with Crippen molar-refractivity contribution < 1.29 is 19.4 Å². The smallest absolute Gasteiger partial charge is 0.410 e. The molecule has 0 fully saturated rings. The summed E-state index contributed by atoms with van der Waals surface area (Å²) in [7, 11) is 1.70. The molecule has 0 saturated carbocycles. The molecule has 1 heterocycles. The summed E-state index contributed by atoms with van der Waals surface area (Å²) >= 11 is 1.33. The average molecular weight is 343 g/mol. The van der Waals surface area contributed by atoms with Gasteiger partial charge in [0.05, 0.1) is 6.54 Å². The lowest BCUT2D eigenvalue weighted by Gasteiger charge is -2.26. The van der Waals surface area contributed by atoms with Gasteiger partial charge in [-0.15, -0.1) is 11.3 Å². The zero-order chi connectivity index (χ0) is 17.6. The summed E-state index contributed by atoms with van der Waals surface area (Å²) in [5.74, 6) is -1.01. The van der Waals surface area contributed by atoms with Crippen LogP contribution >= 0.6 is 11.3 Å². The Kier molecular flexibility index (Phi) is 6.96. The van der Waals surface area contributed by atoms with Crippen LogP contribution in [0.1, 0.15) is 43.2 Å². The number of aromatic nitrogens is 1. The zero-order valence-electron chi connectivity index (χ0n) is 14.3. The number of carboxylic acids is 1. The number of likely N-dealkylation sites (N-methyl/N-ethyl adjacent to an activating group) is 2. The first-order valence-corrected chi connectivity index (χ1v) is 8.34. The molecule has 1 rings (SSSR count). The van der Waals surface area contributed by atoms with Gasteiger partial charge >= 0.3 is 12.1 Å². The molecule has 130 valence electrons. The third-order valence-corrected chi connectivity index (χ3v) is 3.87.